The fourth-order valence-electron chi connectivity index (χ4n) is 1.63. The number of amides is 2. The first-order valence-corrected chi connectivity index (χ1v) is 6.47. The molecule has 0 spiro atoms. The largest absolute Gasteiger partial charge is 0.350 e. The van der Waals surface area contributed by atoms with Gasteiger partial charge in [-0.25, -0.2) is 10.9 Å². The number of rotatable bonds is 4. The van der Waals surface area contributed by atoms with E-state index in [1.165, 1.54) is 12.4 Å². The van der Waals surface area contributed by atoms with E-state index in [2.05, 4.69) is 21.1 Å². The Morgan fingerprint density at radius 1 is 0.909 bits per heavy atom. The van der Waals surface area contributed by atoms with Crippen LogP contribution in [0.5, 0.6) is 0 Å². The zero-order valence-electron chi connectivity index (χ0n) is 12.2. The molecule has 2 rings (SSSR count). The molecule has 0 saturated carbocycles. The fraction of sp³-hybridized carbons (Fsp3) is 0.143. The maximum atomic E-state index is 11.5. The van der Waals surface area contributed by atoms with Gasteiger partial charge in [0.15, 0.2) is 0 Å². The van der Waals surface area contributed by atoms with Crippen LogP contribution < -0.4 is 10.9 Å². The molecule has 8 nitrogen and oxygen atoms in total. The van der Waals surface area contributed by atoms with Gasteiger partial charge in [0, 0.05) is 26.5 Å². The van der Waals surface area contributed by atoms with Crippen LogP contribution in [0.4, 0.5) is 0 Å². The molecule has 0 unspecified atom stereocenters. The summed E-state index contributed by atoms with van der Waals surface area (Å²) in [5.41, 5.74) is 5.85. The molecule has 2 N–H and O–H groups in total. The molecule has 0 atom stereocenters. The highest BCUT2D eigenvalue weighted by atomic mass is 16.2. The maximum absolute atomic E-state index is 11.5. The first-order valence-electron chi connectivity index (χ1n) is 6.47. The molecular weight excluding hydrogens is 284 g/mol. The first-order chi connectivity index (χ1) is 10.6. The van der Waals surface area contributed by atoms with Crippen LogP contribution in [0.25, 0.3) is 0 Å². The van der Waals surface area contributed by atoms with Gasteiger partial charge in [-0.05, 0) is 24.3 Å². The number of hydrazone groups is 2. The average Bonchev–Trinajstić information content (AvgIpc) is 3.08. The van der Waals surface area contributed by atoms with Gasteiger partial charge in [-0.1, -0.05) is 0 Å². The predicted octanol–water partition coefficient (Wildman–Crippen LogP) is -0.0360. The number of carbonyl (C=O) groups is 2. The first kappa shape index (κ1) is 15.2. The molecule has 22 heavy (non-hydrogen) atoms. The highest BCUT2D eigenvalue weighted by Crippen LogP contribution is 1.95. The van der Waals surface area contributed by atoms with Gasteiger partial charge in [0.1, 0.15) is 0 Å². The highest BCUT2D eigenvalue weighted by Gasteiger charge is 2.11. The van der Waals surface area contributed by atoms with Gasteiger partial charge in [0.2, 0.25) is 0 Å². The number of nitrogens with one attached hydrogen (secondary N) is 2. The lowest BCUT2D eigenvalue weighted by atomic mass is 10.5. The zero-order chi connectivity index (χ0) is 15.9. The van der Waals surface area contributed by atoms with E-state index < -0.39 is 11.8 Å². The number of carbonyl (C=O) groups excluding carboxylic acids is 2. The number of aromatic nitrogens is 2. The summed E-state index contributed by atoms with van der Waals surface area (Å²) < 4.78 is 3.64. The zero-order valence-corrected chi connectivity index (χ0v) is 12.2. The number of nitrogens with zero attached hydrogens (tertiary/aromatic N) is 4. The van der Waals surface area contributed by atoms with E-state index in [4.69, 9.17) is 0 Å². The van der Waals surface area contributed by atoms with Crippen LogP contribution >= 0.6 is 0 Å². The quantitative estimate of drug-likeness (QED) is 0.471. The lowest BCUT2D eigenvalue weighted by Crippen LogP contribution is -2.35. The maximum Gasteiger partial charge on any atom is 0.331 e. The van der Waals surface area contributed by atoms with Gasteiger partial charge in [0.05, 0.1) is 23.8 Å². The van der Waals surface area contributed by atoms with E-state index in [0.717, 1.165) is 11.4 Å². The Bertz CT molecular complexity index is 663. The van der Waals surface area contributed by atoms with Crippen molar-refractivity contribution in [2.24, 2.45) is 24.3 Å². The van der Waals surface area contributed by atoms with Crippen molar-refractivity contribution in [3.8, 4) is 0 Å². The summed E-state index contributed by atoms with van der Waals surface area (Å²) in [5, 5.41) is 7.41. The van der Waals surface area contributed by atoms with Crippen LogP contribution in [0.2, 0.25) is 0 Å². The standard InChI is InChI=1S/C14H16N6O2/c1-19-7-3-5-11(19)9-15-17-13(21)14(22)18-16-10-12-6-4-8-20(12)2/h3-10H,1-2H3,(H,17,21)(H,18,22)/b15-9-,16-10-. The van der Waals surface area contributed by atoms with Crippen molar-refractivity contribution in [3.63, 3.8) is 0 Å². The van der Waals surface area contributed by atoms with E-state index in [0.29, 0.717) is 0 Å². The molecule has 2 amide bonds. The summed E-state index contributed by atoms with van der Waals surface area (Å²) in [5.74, 6) is -1.79. The second-order valence-corrected chi connectivity index (χ2v) is 4.49. The van der Waals surface area contributed by atoms with Crippen LogP contribution in [0, 0.1) is 0 Å². The second kappa shape index (κ2) is 7.02. The topological polar surface area (TPSA) is 92.8 Å². The van der Waals surface area contributed by atoms with Gasteiger partial charge in [-0.3, -0.25) is 9.59 Å². The summed E-state index contributed by atoms with van der Waals surface area (Å²) in [6.07, 6.45) is 6.57. The van der Waals surface area contributed by atoms with Crippen molar-refractivity contribution in [1.29, 1.82) is 0 Å². The minimum Gasteiger partial charge on any atom is -0.350 e. The van der Waals surface area contributed by atoms with E-state index in [-0.39, 0.29) is 0 Å². The Kier molecular flexibility index (Phi) is 4.86. The molecule has 0 aliphatic heterocycles. The lowest BCUT2D eigenvalue weighted by Gasteiger charge is -1.99. The molecule has 0 aliphatic rings. The number of aryl methyl sites for hydroxylation is 2. The van der Waals surface area contributed by atoms with Crippen molar-refractivity contribution in [2.75, 3.05) is 0 Å². The minimum atomic E-state index is -0.894. The molecule has 8 heteroatoms. The van der Waals surface area contributed by atoms with Gasteiger partial charge < -0.3 is 9.13 Å². The smallest absolute Gasteiger partial charge is 0.331 e. The third-order valence-corrected chi connectivity index (χ3v) is 2.90. The van der Waals surface area contributed by atoms with Crippen LogP contribution in [-0.2, 0) is 23.7 Å². The van der Waals surface area contributed by atoms with Gasteiger partial charge >= 0.3 is 11.8 Å². The second-order valence-electron chi connectivity index (χ2n) is 4.49. The molecule has 2 aromatic rings. The van der Waals surface area contributed by atoms with E-state index in [1.807, 2.05) is 59.9 Å². The molecule has 0 fully saturated rings. The van der Waals surface area contributed by atoms with Gasteiger partial charge in [-0.15, -0.1) is 0 Å². The molecule has 0 aromatic carbocycles. The average molecular weight is 300 g/mol. The van der Waals surface area contributed by atoms with Crippen molar-refractivity contribution in [3.05, 3.63) is 48.0 Å². The van der Waals surface area contributed by atoms with Crippen molar-refractivity contribution in [2.45, 2.75) is 0 Å². The van der Waals surface area contributed by atoms with Crippen molar-refractivity contribution < 1.29 is 9.59 Å². The Morgan fingerprint density at radius 2 is 1.32 bits per heavy atom. The SMILES string of the molecule is Cn1cccc1/C=N\NC(=O)C(=O)N/N=C\c1cccn1C. The Morgan fingerprint density at radius 3 is 1.64 bits per heavy atom. The number of hydrogen-bond acceptors (Lipinski definition) is 4. The third-order valence-electron chi connectivity index (χ3n) is 2.90. The summed E-state index contributed by atoms with van der Waals surface area (Å²) in [4.78, 5) is 23.0. The predicted molar refractivity (Wildman–Crippen MR) is 82.3 cm³/mol. The molecule has 0 saturated heterocycles. The molecule has 0 bridgehead atoms. The van der Waals surface area contributed by atoms with Gasteiger partial charge in [0.25, 0.3) is 0 Å². The van der Waals surface area contributed by atoms with E-state index in [9.17, 15) is 9.59 Å². The minimum absolute atomic E-state index is 0.794. The molecule has 2 aromatic heterocycles. The molecule has 0 aliphatic carbocycles. The lowest BCUT2D eigenvalue weighted by molar-refractivity contribution is -0.139. The highest BCUT2D eigenvalue weighted by molar-refractivity contribution is 6.35. The van der Waals surface area contributed by atoms with Crippen molar-refractivity contribution >= 4 is 24.2 Å². The van der Waals surface area contributed by atoms with E-state index >= 15 is 0 Å². The Balaban J connectivity index is 1.81. The van der Waals surface area contributed by atoms with E-state index in [1.54, 1.807) is 0 Å². The van der Waals surface area contributed by atoms with Crippen LogP contribution in [0.1, 0.15) is 11.4 Å². The van der Waals surface area contributed by atoms with Crippen LogP contribution in [-0.4, -0.2) is 33.4 Å². The Hall–Kier alpha value is -3.16. The monoisotopic (exact) mass is 300 g/mol. The van der Waals surface area contributed by atoms with Crippen molar-refractivity contribution in [1.82, 2.24) is 20.0 Å². The van der Waals surface area contributed by atoms with Gasteiger partial charge in [-0.2, -0.15) is 10.2 Å². The molecule has 0 radical (unpaired) electrons. The normalized spacial score (nSPS) is 11.2. The molecule has 2 heterocycles. The number of hydrogen-bond donors (Lipinski definition) is 2. The summed E-state index contributed by atoms with van der Waals surface area (Å²) >= 11 is 0. The molecule has 114 valence electrons. The Labute approximate surface area is 127 Å². The summed E-state index contributed by atoms with van der Waals surface area (Å²) in [6.45, 7) is 0. The summed E-state index contributed by atoms with van der Waals surface area (Å²) in [6, 6.07) is 7.32. The summed E-state index contributed by atoms with van der Waals surface area (Å²) in [7, 11) is 3.68. The molecular formula is C14H16N6O2. The third kappa shape index (κ3) is 3.92. The van der Waals surface area contributed by atoms with Crippen LogP contribution in [0.15, 0.2) is 46.9 Å². The fourth-order valence-corrected chi connectivity index (χ4v) is 1.63. The van der Waals surface area contributed by atoms with Crippen LogP contribution in [0.3, 0.4) is 0 Å².